The molecule has 2 fully saturated rings. The highest BCUT2D eigenvalue weighted by Gasteiger charge is 2.47. The first-order valence-electron chi connectivity index (χ1n) is 7.16. The van der Waals surface area contributed by atoms with Crippen LogP contribution in [0.3, 0.4) is 0 Å². The standard InChI is InChI=1S/C15H16N4O2/c20-15-6-14-13(19(15)11-7-16-10-17-8-11)3-4-18(14)9-12-2-1-5-21-12/h1-2,5,7-8,10,13-14H,3-4,6,9H2/t13-,14+/m0/s1. The number of nitrogens with zero attached hydrogens (tertiary/aromatic N) is 4. The van der Waals surface area contributed by atoms with Gasteiger partial charge in [0.1, 0.15) is 12.1 Å². The third-order valence-corrected chi connectivity index (χ3v) is 4.37. The van der Waals surface area contributed by atoms with Crippen molar-refractivity contribution in [1.29, 1.82) is 0 Å². The molecule has 108 valence electrons. The first-order valence-corrected chi connectivity index (χ1v) is 7.16. The first kappa shape index (κ1) is 12.5. The number of carbonyl (C=O) groups is 1. The van der Waals surface area contributed by atoms with Crippen molar-refractivity contribution in [2.45, 2.75) is 31.5 Å². The summed E-state index contributed by atoms with van der Waals surface area (Å²) in [6.45, 7) is 1.74. The van der Waals surface area contributed by atoms with Crippen LogP contribution in [-0.2, 0) is 11.3 Å². The van der Waals surface area contributed by atoms with E-state index in [0.717, 1.165) is 31.0 Å². The van der Waals surface area contributed by atoms with Crippen LogP contribution in [0.4, 0.5) is 5.69 Å². The summed E-state index contributed by atoms with van der Waals surface area (Å²) in [5, 5.41) is 0. The molecule has 0 bridgehead atoms. The van der Waals surface area contributed by atoms with Gasteiger partial charge in [0.15, 0.2) is 0 Å². The Hall–Kier alpha value is -2.21. The predicted molar refractivity (Wildman–Crippen MR) is 75.4 cm³/mol. The second kappa shape index (κ2) is 4.96. The van der Waals surface area contributed by atoms with Crippen molar-refractivity contribution in [3.8, 4) is 0 Å². The van der Waals surface area contributed by atoms with E-state index in [9.17, 15) is 4.79 Å². The van der Waals surface area contributed by atoms with Gasteiger partial charge in [0.2, 0.25) is 5.91 Å². The van der Waals surface area contributed by atoms with Crippen LogP contribution < -0.4 is 4.90 Å². The third kappa shape index (κ3) is 2.12. The summed E-state index contributed by atoms with van der Waals surface area (Å²) in [6.07, 6.45) is 8.13. The summed E-state index contributed by atoms with van der Waals surface area (Å²) in [5.74, 6) is 1.11. The van der Waals surface area contributed by atoms with Gasteiger partial charge in [-0.2, -0.15) is 0 Å². The van der Waals surface area contributed by atoms with Crippen LogP contribution in [0.25, 0.3) is 0 Å². The van der Waals surface area contributed by atoms with Crippen molar-refractivity contribution in [2.75, 3.05) is 11.4 Å². The maximum absolute atomic E-state index is 12.4. The molecule has 0 N–H and O–H groups in total. The lowest BCUT2D eigenvalue weighted by atomic mass is 10.1. The highest BCUT2D eigenvalue weighted by molar-refractivity contribution is 5.97. The molecule has 1 amide bonds. The fraction of sp³-hybridized carbons (Fsp3) is 0.400. The number of hydrogen-bond donors (Lipinski definition) is 0. The van der Waals surface area contributed by atoms with Gasteiger partial charge in [0.05, 0.1) is 36.9 Å². The number of anilines is 1. The van der Waals surface area contributed by atoms with Gasteiger partial charge in [0.25, 0.3) is 0 Å². The molecule has 0 radical (unpaired) electrons. The van der Waals surface area contributed by atoms with Gasteiger partial charge in [-0.3, -0.25) is 9.69 Å². The van der Waals surface area contributed by atoms with Crippen LogP contribution in [0.5, 0.6) is 0 Å². The van der Waals surface area contributed by atoms with Crippen molar-refractivity contribution < 1.29 is 9.21 Å². The van der Waals surface area contributed by atoms with Gasteiger partial charge >= 0.3 is 0 Å². The minimum atomic E-state index is 0.156. The van der Waals surface area contributed by atoms with Gasteiger partial charge < -0.3 is 9.32 Å². The van der Waals surface area contributed by atoms with Crippen molar-refractivity contribution >= 4 is 11.6 Å². The number of furan rings is 1. The van der Waals surface area contributed by atoms with Gasteiger partial charge in [-0.15, -0.1) is 0 Å². The summed E-state index contributed by atoms with van der Waals surface area (Å²) in [4.78, 5) is 24.6. The summed E-state index contributed by atoms with van der Waals surface area (Å²) in [5.41, 5.74) is 0.801. The number of hydrogen-bond acceptors (Lipinski definition) is 5. The predicted octanol–water partition coefficient (Wildman–Crippen LogP) is 1.45. The van der Waals surface area contributed by atoms with E-state index in [0.29, 0.717) is 6.42 Å². The molecule has 2 aromatic rings. The quantitative estimate of drug-likeness (QED) is 0.853. The van der Waals surface area contributed by atoms with Gasteiger partial charge in [0, 0.05) is 19.0 Å². The Labute approximate surface area is 122 Å². The fourth-order valence-electron chi connectivity index (χ4n) is 3.48. The molecule has 4 heterocycles. The molecule has 4 rings (SSSR count). The normalized spacial score (nSPS) is 25.5. The minimum absolute atomic E-state index is 0.156. The fourth-order valence-corrected chi connectivity index (χ4v) is 3.48. The van der Waals surface area contributed by atoms with E-state index in [1.165, 1.54) is 6.33 Å². The van der Waals surface area contributed by atoms with Gasteiger partial charge in [-0.05, 0) is 18.6 Å². The highest BCUT2D eigenvalue weighted by Crippen LogP contribution is 2.36. The van der Waals surface area contributed by atoms with Crippen LogP contribution >= 0.6 is 0 Å². The third-order valence-electron chi connectivity index (χ3n) is 4.37. The lowest BCUT2D eigenvalue weighted by Gasteiger charge is -2.24. The molecule has 2 aliphatic rings. The van der Waals surface area contributed by atoms with E-state index in [1.807, 2.05) is 17.0 Å². The Morgan fingerprint density at radius 1 is 1.29 bits per heavy atom. The monoisotopic (exact) mass is 284 g/mol. The number of rotatable bonds is 3. The zero-order valence-corrected chi connectivity index (χ0v) is 11.6. The van der Waals surface area contributed by atoms with Crippen molar-refractivity contribution in [3.63, 3.8) is 0 Å². The lowest BCUT2D eigenvalue weighted by Crippen LogP contribution is -2.37. The molecule has 0 spiro atoms. The summed E-state index contributed by atoms with van der Waals surface area (Å²) < 4.78 is 5.42. The Kier molecular flexibility index (Phi) is 2.96. The molecule has 0 saturated carbocycles. The average molecular weight is 284 g/mol. The number of carbonyl (C=O) groups excluding carboxylic acids is 1. The molecular formula is C15H16N4O2. The Balaban J connectivity index is 1.55. The second-order valence-corrected chi connectivity index (χ2v) is 5.54. The smallest absolute Gasteiger partial charge is 0.229 e. The number of aromatic nitrogens is 2. The second-order valence-electron chi connectivity index (χ2n) is 5.54. The highest BCUT2D eigenvalue weighted by atomic mass is 16.3. The zero-order valence-electron chi connectivity index (χ0n) is 11.6. The summed E-state index contributed by atoms with van der Waals surface area (Å²) in [6, 6.07) is 4.35. The molecule has 6 nitrogen and oxygen atoms in total. The molecular weight excluding hydrogens is 268 g/mol. The van der Waals surface area contributed by atoms with Crippen LogP contribution in [0, 0.1) is 0 Å². The topological polar surface area (TPSA) is 62.5 Å². The zero-order chi connectivity index (χ0) is 14.2. The Morgan fingerprint density at radius 2 is 2.14 bits per heavy atom. The van der Waals surface area contributed by atoms with E-state index in [1.54, 1.807) is 18.7 Å². The van der Waals surface area contributed by atoms with Crippen molar-refractivity contribution in [3.05, 3.63) is 42.9 Å². The molecule has 2 aliphatic heterocycles. The maximum Gasteiger partial charge on any atom is 0.229 e. The van der Waals surface area contributed by atoms with Crippen LogP contribution in [-0.4, -0.2) is 39.4 Å². The van der Waals surface area contributed by atoms with Crippen molar-refractivity contribution in [1.82, 2.24) is 14.9 Å². The molecule has 6 heteroatoms. The summed E-state index contributed by atoms with van der Waals surface area (Å²) in [7, 11) is 0. The van der Waals surface area contributed by atoms with Crippen LogP contribution in [0.1, 0.15) is 18.6 Å². The average Bonchev–Trinajstić information content (AvgIpc) is 3.19. The largest absolute Gasteiger partial charge is 0.468 e. The molecule has 2 saturated heterocycles. The van der Waals surface area contributed by atoms with E-state index in [4.69, 9.17) is 4.42 Å². The molecule has 21 heavy (non-hydrogen) atoms. The van der Waals surface area contributed by atoms with Crippen LogP contribution in [0.15, 0.2) is 41.5 Å². The van der Waals surface area contributed by atoms with E-state index in [2.05, 4.69) is 14.9 Å². The van der Waals surface area contributed by atoms with E-state index < -0.39 is 0 Å². The molecule has 2 atom stereocenters. The Bertz CT molecular complexity index is 628. The van der Waals surface area contributed by atoms with Gasteiger partial charge in [-0.25, -0.2) is 9.97 Å². The van der Waals surface area contributed by atoms with Crippen molar-refractivity contribution in [2.24, 2.45) is 0 Å². The first-order chi connectivity index (χ1) is 10.3. The maximum atomic E-state index is 12.4. The molecule has 0 aliphatic carbocycles. The molecule has 2 aromatic heterocycles. The minimum Gasteiger partial charge on any atom is -0.468 e. The lowest BCUT2D eigenvalue weighted by molar-refractivity contribution is -0.117. The molecule has 0 aromatic carbocycles. The van der Waals surface area contributed by atoms with E-state index in [-0.39, 0.29) is 18.0 Å². The van der Waals surface area contributed by atoms with E-state index >= 15 is 0 Å². The Morgan fingerprint density at radius 3 is 2.90 bits per heavy atom. The number of likely N-dealkylation sites (tertiary alicyclic amines) is 1. The van der Waals surface area contributed by atoms with Gasteiger partial charge in [-0.1, -0.05) is 0 Å². The number of fused-ring (bicyclic) bond motifs is 1. The summed E-state index contributed by atoms with van der Waals surface area (Å²) >= 11 is 0. The molecule has 0 unspecified atom stereocenters. The van der Waals surface area contributed by atoms with Crippen LogP contribution in [0.2, 0.25) is 0 Å². The number of amides is 1. The SMILES string of the molecule is O=C1C[C@@H]2[C@H](CCN2Cc2ccco2)N1c1cncnc1.